The summed E-state index contributed by atoms with van der Waals surface area (Å²) in [5, 5.41) is 3.08. The number of nitrogens with zero attached hydrogens (tertiary/aromatic N) is 2. The number of rotatable bonds is 1. The first-order valence-electron chi connectivity index (χ1n) is 8.36. The quantitative estimate of drug-likeness (QED) is 0.844. The number of amides is 1. The van der Waals surface area contributed by atoms with Crippen LogP contribution in [0.1, 0.15) is 32.1 Å². The molecule has 0 radical (unpaired) electrons. The number of imidazole rings is 1. The van der Waals surface area contributed by atoms with Gasteiger partial charge in [-0.05, 0) is 44.9 Å². The molecule has 0 saturated carbocycles. The van der Waals surface area contributed by atoms with Gasteiger partial charge in [0.25, 0.3) is 0 Å². The van der Waals surface area contributed by atoms with Gasteiger partial charge in [-0.15, -0.1) is 0 Å². The van der Waals surface area contributed by atoms with Crippen LogP contribution >= 0.6 is 0 Å². The molecule has 2 fully saturated rings. The molecule has 1 aromatic heterocycles. The Morgan fingerprint density at radius 3 is 2.65 bits per heavy atom. The van der Waals surface area contributed by atoms with Gasteiger partial charge in [0.15, 0.2) is 0 Å². The third-order valence-corrected chi connectivity index (χ3v) is 5.46. The SMILES string of the molecule is CN1[C@@H]2CCC[C@H]1CC(NC(=O)n1c(=O)[nH]c3ccccc31)C2. The van der Waals surface area contributed by atoms with E-state index in [4.69, 9.17) is 0 Å². The number of hydrogen-bond acceptors (Lipinski definition) is 3. The van der Waals surface area contributed by atoms with Crippen LogP contribution in [0.5, 0.6) is 0 Å². The largest absolute Gasteiger partial charge is 0.334 e. The van der Waals surface area contributed by atoms with Gasteiger partial charge in [-0.25, -0.2) is 14.2 Å². The fourth-order valence-corrected chi connectivity index (χ4v) is 4.23. The number of para-hydroxylation sites is 2. The molecule has 6 nitrogen and oxygen atoms in total. The Morgan fingerprint density at radius 2 is 1.91 bits per heavy atom. The van der Waals surface area contributed by atoms with Crippen LogP contribution in [0.15, 0.2) is 29.1 Å². The Labute approximate surface area is 134 Å². The smallest absolute Gasteiger partial charge is 0.334 e. The van der Waals surface area contributed by atoms with E-state index in [0.29, 0.717) is 23.1 Å². The molecule has 2 bridgehead atoms. The highest BCUT2D eigenvalue weighted by Gasteiger charge is 2.36. The zero-order valence-corrected chi connectivity index (χ0v) is 13.3. The molecule has 1 unspecified atom stereocenters. The van der Waals surface area contributed by atoms with E-state index in [1.165, 1.54) is 23.8 Å². The van der Waals surface area contributed by atoms with E-state index in [1.807, 2.05) is 12.1 Å². The first-order valence-corrected chi connectivity index (χ1v) is 8.36. The maximum absolute atomic E-state index is 12.6. The van der Waals surface area contributed by atoms with E-state index in [1.54, 1.807) is 12.1 Å². The second kappa shape index (κ2) is 5.53. The Kier molecular flexibility index (Phi) is 3.49. The van der Waals surface area contributed by atoms with Crippen molar-refractivity contribution in [1.82, 2.24) is 19.8 Å². The maximum Gasteiger partial charge on any atom is 0.334 e. The minimum Gasteiger partial charge on any atom is -0.334 e. The van der Waals surface area contributed by atoms with Gasteiger partial charge in [-0.3, -0.25) is 0 Å². The fourth-order valence-electron chi connectivity index (χ4n) is 4.23. The number of H-pyrrole nitrogens is 1. The van der Waals surface area contributed by atoms with Crippen molar-refractivity contribution in [3.63, 3.8) is 0 Å². The van der Waals surface area contributed by atoms with Crippen LogP contribution < -0.4 is 11.0 Å². The Bertz CT molecular complexity index is 779. The van der Waals surface area contributed by atoms with Crippen molar-refractivity contribution in [2.24, 2.45) is 0 Å². The van der Waals surface area contributed by atoms with Crippen LogP contribution in [-0.2, 0) is 0 Å². The molecule has 23 heavy (non-hydrogen) atoms. The van der Waals surface area contributed by atoms with Crippen molar-refractivity contribution < 1.29 is 4.79 Å². The highest BCUT2D eigenvalue weighted by molar-refractivity contribution is 5.89. The fraction of sp³-hybridized carbons (Fsp3) is 0.529. The number of benzene rings is 1. The molecule has 0 spiro atoms. The molecule has 1 aromatic carbocycles. The molecule has 3 atom stereocenters. The zero-order valence-electron chi connectivity index (χ0n) is 13.3. The minimum absolute atomic E-state index is 0.148. The molecule has 2 N–H and O–H groups in total. The van der Waals surface area contributed by atoms with E-state index < -0.39 is 0 Å². The monoisotopic (exact) mass is 314 g/mol. The number of aromatic amines is 1. The van der Waals surface area contributed by atoms with Gasteiger partial charge >= 0.3 is 11.7 Å². The van der Waals surface area contributed by atoms with E-state index in [9.17, 15) is 9.59 Å². The van der Waals surface area contributed by atoms with Gasteiger partial charge in [0, 0.05) is 18.1 Å². The summed E-state index contributed by atoms with van der Waals surface area (Å²) in [6.45, 7) is 0. The van der Waals surface area contributed by atoms with Crippen molar-refractivity contribution in [3.8, 4) is 0 Å². The average Bonchev–Trinajstić information content (AvgIpc) is 2.84. The molecular formula is C17H22N4O2. The number of aromatic nitrogens is 2. The molecule has 122 valence electrons. The molecule has 6 heteroatoms. The maximum atomic E-state index is 12.6. The molecule has 0 aliphatic carbocycles. The molecule has 1 amide bonds. The number of fused-ring (bicyclic) bond motifs is 3. The second-order valence-electron chi connectivity index (χ2n) is 6.80. The summed E-state index contributed by atoms with van der Waals surface area (Å²) in [7, 11) is 2.19. The molecule has 2 aliphatic heterocycles. The van der Waals surface area contributed by atoms with Crippen molar-refractivity contribution in [3.05, 3.63) is 34.7 Å². The lowest BCUT2D eigenvalue weighted by Gasteiger charge is -2.47. The number of nitrogens with one attached hydrogen (secondary N) is 2. The number of piperidine rings is 2. The lowest BCUT2D eigenvalue weighted by molar-refractivity contribution is 0.0509. The topological polar surface area (TPSA) is 70.1 Å². The third kappa shape index (κ3) is 2.47. The van der Waals surface area contributed by atoms with Crippen molar-refractivity contribution in [2.45, 2.75) is 50.2 Å². The van der Waals surface area contributed by atoms with Gasteiger partial charge in [-0.1, -0.05) is 18.6 Å². The third-order valence-electron chi connectivity index (χ3n) is 5.46. The predicted molar refractivity (Wildman–Crippen MR) is 88.7 cm³/mol. The summed E-state index contributed by atoms with van der Waals surface area (Å²) in [5.41, 5.74) is 0.938. The van der Waals surface area contributed by atoms with Crippen LogP contribution in [0, 0.1) is 0 Å². The van der Waals surface area contributed by atoms with Crippen LogP contribution in [0.4, 0.5) is 4.79 Å². The summed E-state index contributed by atoms with van der Waals surface area (Å²) in [4.78, 5) is 29.9. The van der Waals surface area contributed by atoms with Gasteiger partial charge < -0.3 is 15.2 Å². The highest BCUT2D eigenvalue weighted by atomic mass is 16.2. The first-order chi connectivity index (χ1) is 11.1. The summed E-state index contributed by atoms with van der Waals surface area (Å²) in [6.07, 6.45) is 5.62. The highest BCUT2D eigenvalue weighted by Crippen LogP contribution is 2.32. The standard InChI is InChI=1S/C17H22N4O2/c1-20-12-5-4-6-13(20)10-11(9-12)18-16(22)21-15-8-3-2-7-14(15)19-17(21)23/h2-3,7-8,11-13H,4-6,9-10H2,1H3,(H,18,22)(H,19,23)/t11?,12-,13+. The van der Waals surface area contributed by atoms with Crippen LogP contribution in [-0.4, -0.2) is 45.7 Å². The Morgan fingerprint density at radius 1 is 1.22 bits per heavy atom. The molecular weight excluding hydrogens is 292 g/mol. The summed E-state index contributed by atoms with van der Waals surface area (Å²) >= 11 is 0. The molecule has 3 heterocycles. The van der Waals surface area contributed by atoms with Gasteiger partial charge in [0.05, 0.1) is 11.0 Å². The number of carbonyl (C=O) groups excluding carboxylic acids is 1. The summed E-state index contributed by atoms with van der Waals surface area (Å²) in [6, 6.07) is 8.20. The number of hydrogen-bond donors (Lipinski definition) is 2. The van der Waals surface area contributed by atoms with Gasteiger partial charge in [0.2, 0.25) is 0 Å². The van der Waals surface area contributed by atoms with Crippen molar-refractivity contribution in [2.75, 3.05) is 7.05 Å². The molecule has 2 aromatic rings. The number of carbonyl (C=O) groups is 1. The van der Waals surface area contributed by atoms with Crippen molar-refractivity contribution >= 4 is 17.1 Å². The zero-order chi connectivity index (χ0) is 16.0. The van der Waals surface area contributed by atoms with E-state index in [0.717, 1.165) is 12.8 Å². The average molecular weight is 314 g/mol. The van der Waals surface area contributed by atoms with Gasteiger partial charge in [0.1, 0.15) is 0 Å². The Balaban J connectivity index is 1.56. The Hall–Kier alpha value is -2.08. The van der Waals surface area contributed by atoms with Gasteiger partial charge in [-0.2, -0.15) is 0 Å². The minimum atomic E-state index is -0.378. The summed E-state index contributed by atoms with van der Waals surface area (Å²) in [5.74, 6) is 0. The van der Waals surface area contributed by atoms with Crippen LogP contribution in [0.2, 0.25) is 0 Å². The summed E-state index contributed by atoms with van der Waals surface area (Å²) < 4.78 is 1.21. The van der Waals surface area contributed by atoms with Crippen molar-refractivity contribution in [1.29, 1.82) is 0 Å². The second-order valence-corrected chi connectivity index (χ2v) is 6.80. The van der Waals surface area contributed by atoms with E-state index >= 15 is 0 Å². The van der Waals surface area contributed by atoms with E-state index in [-0.39, 0.29) is 17.8 Å². The lowest BCUT2D eigenvalue weighted by Crippen LogP contribution is -2.56. The van der Waals surface area contributed by atoms with E-state index in [2.05, 4.69) is 22.2 Å². The van der Waals surface area contributed by atoms with Crippen LogP contribution in [0.25, 0.3) is 11.0 Å². The molecule has 2 saturated heterocycles. The lowest BCUT2D eigenvalue weighted by atomic mass is 9.82. The molecule has 2 aliphatic rings. The first kappa shape index (κ1) is 14.5. The normalized spacial score (nSPS) is 28.0. The predicted octanol–water partition coefficient (Wildman–Crippen LogP) is 1.90. The van der Waals surface area contributed by atoms with Crippen LogP contribution in [0.3, 0.4) is 0 Å². The molecule has 4 rings (SSSR count).